The van der Waals surface area contributed by atoms with Crippen molar-refractivity contribution in [3.8, 4) is 0 Å². The van der Waals surface area contributed by atoms with Gasteiger partial charge in [0.15, 0.2) is 5.78 Å². The van der Waals surface area contributed by atoms with Crippen LogP contribution < -0.4 is 10.0 Å². The minimum absolute atomic E-state index is 0.0942. The summed E-state index contributed by atoms with van der Waals surface area (Å²) in [6, 6.07) is 12.6. The highest BCUT2D eigenvalue weighted by molar-refractivity contribution is 7.89. The number of amides is 1. The topological polar surface area (TPSA) is 95.6 Å². The van der Waals surface area contributed by atoms with E-state index in [1.165, 1.54) is 31.2 Å². The van der Waals surface area contributed by atoms with Crippen LogP contribution >= 0.6 is 0 Å². The van der Waals surface area contributed by atoms with Crippen LogP contribution in [0.25, 0.3) is 0 Å². The molecule has 30 heavy (non-hydrogen) atoms. The summed E-state index contributed by atoms with van der Waals surface area (Å²) < 4.78 is 27.4. The van der Waals surface area contributed by atoms with E-state index in [2.05, 4.69) is 28.8 Å². The summed E-state index contributed by atoms with van der Waals surface area (Å²) in [6.45, 7) is 8.95. The number of hydrogen-bond donors (Lipinski definition) is 2. The first-order chi connectivity index (χ1) is 14.3. The smallest absolute Gasteiger partial charge is 0.251 e. The van der Waals surface area contributed by atoms with Crippen molar-refractivity contribution < 1.29 is 18.0 Å². The molecule has 0 saturated carbocycles. The number of nitrogens with zero attached hydrogens (tertiary/aromatic N) is 1. The predicted octanol–water partition coefficient (Wildman–Crippen LogP) is 2.44. The van der Waals surface area contributed by atoms with Gasteiger partial charge >= 0.3 is 0 Å². The molecule has 1 amide bonds. The second-order valence-electron chi connectivity index (χ2n) is 6.88. The highest BCUT2D eigenvalue weighted by atomic mass is 32.2. The molecule has 0 fully saturated rings. The van der Waals surface area contributed by atoms with E-state index in [-0.39, 0.29) is 23.1 Å². The van der Waals surface area contributed by atoms with Crippen molar-refractivity contribution in [2.45, 2.75) is 32.2 Å². The highest BCUT2D eigenvalue weighted by Crippen LogP contribution is 2.12. The molecule has 0 aliphatic rings. The van der Waals surface area contributed by atoms with Gasteiger partial charge in [-0.2, -0.15) is 0 Å². The molecule has 0 spiro atoms. The fraction of sp³-hybridized carbons (Fsp3) is 0.364. The van der Waals surface area contributed by atoms with E-state index in [1.54, 1.807) is 24.3 Å². The van der Waals surface area contributed by atoms with Gasteiger partial charge < -0.3 is 10.2 Å². The Labute approximate surface area is 178 Å². The molecule has 0 atom stereocenters. The largest absolute Gasteiger partial charge is 0.351 e. The minimum Gasteiger partial charge on any atom is -0.351 e. The van der Waals surface area contributed by atoms with E-state index in [0.29, 0.717) is 17.7 Å². The molecular weight excluding hydrogens is 402 g/mol. The van der Waals surface area contributed by atoms with Crippen LogP contribution in [-0.2, 0) is 16.6 Å². The van der Waals surface area contributed by atoms with Crippen LogP contribution in [0.1, 0.15) is 47.1 Å². The third kappa shape index (κ3) is 6.76. The summed E-state index contributed by atoms with van der Waals surface area (Å²) in [5, 5.41) is 2.89. The Balaban J connectivity index is 1.90. The highest BCUT2D eigenvalue weighted by Gasteiger charge is 2.14. The number of sulfonamides is 1. The lowest BCUT2D eigenvalue weighted by molar-refractivity contribution is 0.0948. The molecule has 0 saturated heterocycles. The number of carbonyl (C=O) groups excluding carboxylic acids is 2. The molecule has 7 nitrogen and oxygen atoms in total. The number of nitrogens with one attached hydrogen (secondary N) is 2. The average molecular weight is 432 g/mol. The zero-order valence-electron chi connectivity index (χ0n) is 17.6. The van der Waals surface area contributed by atoms with Gasteiger partial charge in [-0.05, 0) is 49.8 Å². The van der Waals surface area contributed by atoms with Gasteiger partial charge in [0.2, 0.25) is 10.0 Å². The monoisotopic (exact) mass is 431 g/mol. The second kappa shape index (κ2) is 11.0. The molecule has 2 aromatic carbocycles. The van der Waals surface area contributed by atoms with Crippen molar-refractivity contribution in [3.63, 3.8) is 0 Å². The third-order valence-electron chi connectivity index (χ3n) is 4.86. The minimum atomic E-state index is -3.70. The zero-order chi connectivity index (χ0) is 22.1. The third-order valence-corrected chi connectivity index (χ3v) is 6.28. The van der Waals surface area contributed by atoms with Crippen LogP contribution in [0.2, 0.25) is 0 Å². The fourth-order valence-electron chi connectivity index (χ4n) is 2.87. The van der Waals surface area contributed by atoms with Gasteiger partial charge in [-0.15, -0.1) is 0 Å². The summed E-state index contributed by atoms with van der Waals surface area (Å²) in [5.41, 5.74) is 1.72. The standard InChI is InChI=1S/C22H29N3O4S/c1-4-25(5-2)15-14-23-22(27)20-8-6-18(7-9-20)16-24-30(28,29)21-12-10-19(11-13-21)17(3)26/h6-13,24H,4-5,14-16H2,1-3H3,(H,23,27). The molecule has 2 N–H and O–H groups in total. The van der Waals surface area contributed by atoms with Crippen molar-refractivity contribution in [1.29, 1.82) is 0 Å². The average Bonchev–Trinajstić information content (AvgIpc) is 2.75. The van der Waals surface area contributed by atoms with Crippen LogP contribution in [0.5, 0.6) is 0 Å². The zero-order valence-corrected chi connectivity index (χ0v) is 18.5. The summed E-state index contributed by atoms with van der Waals surface area (Å²) in [4.78, 5) is 25.9. The van der Waals surface area contributed by atoms with Gasteiger partial charge in [0.05, 0.1) is 4.90 Å². The maximum Gasteiger partial charge on any atom is 0.251 e. The van der Waals surface area contributed by atoms with E-state index < -0.39 is 10.0 Å². The van der Waals surface area contributed by atoms with E-state index in [4.69, 9.17) is 0 Å². The van der Waals surface area contributed by atoms with Crippen molar-refractivity contribution in [3.05, 3.63) is 65.2 Å². The predicted molar refractivity (Wildman–Crippen MR) is 117 cm³/mol. The first kappa shape index (κ1) is 23.7. The lowest BCUT2D eigenvalue weighted by atomic mass is 10.1. The molecule has 8 heteroatoms. The first-order valence-corrected chi connectivity index (χ1v) is 11.4. The van der Waals surface area contributed by atoms with Crippen LogP contribution in [0, 0.1) is 0 Å². The summed E-state index contributed by atoms with van der Waals surface area (Å²) in [6.07, 6.45) is 0. The summed E-state index contributed by atoms with van der Waals surface area (Å²) >= 11 is 0. The van der Waals surface area contributed by atoms with E-state index in [1.807, 2.05) is 0 Å². The normalized spacial score (nSPS) is 11.5. The molecule has 162 valence electrons. The van der Waals surface area contributed by atoms with Crippen LogP contribution in [0.3, 0.4) is 0 Å². The van der Waals surface area contributed by atoms with Crippen LogP contribution in [-0.4, -0.2) is 51.2 Å². The molecular formula is C22H29N3O4S. The van der Waals surface area contributed by atoms with Crippen LogP contribution in [0.4, 0.5) is 0 Å². The second-order valence-corrected chi connectivity index (χ2v) is 8.65. The Morgan fingerprint density at radius 1 is 0.900 bits per heavy atom. The molecule has 0 unspecified atom stereocenters. The van der Waals surface area contributed by atoms with Gasteiger partial charge in [-0.1, -0.05) is 38.1 Å². The van der Waals surface area contributed by atoms with Gasteiger partial charge in [0, 0.05) is 30.8 Å². The molecule has 2 aromatic rings. The van der Waals surface area contributed by atoms with Gasteiger partial charge in [0.1, 0.15) is 0 Å². The van der Waals surface area contributed by atoms with E-state index in [9.17, 15) is 18.0 Å². The molecule has 0 radical (unpaired) electrons. The Bertz CT molecular complexity index is 951. The number of benzene rings is 2. The van der Waals surface area contributed by atoms with Crippen molar-refractivity contribution in [2.75, 3.05) is 26.2 Å². The van der Waals surface area contributed by atoms with Crippen molar-refractivity contribution in [2.24, 2.45) is 0 Å². The Morgan fingerprint density at radius 2 is 1.47 bits per heavy atom. The number of likely N-dealkylation sites (N-methyl/N-ethyl adjacent to an activating group) is 1. The van der Waals surface area contributed by atoms with Crippen LogP contribution in [0.15, 0.2) is 53.4 Å². The number of Topliss-reactive ketones (excluding diaryl/α,β-unsaturated/α-hetero) is 1. The summed E-state index contributed by atoms with van der Waals surface area (Å²) in [7, 11) is -3.70. The Kier molecular flexibility index (Phi) is 8.71. The lowest BCUT2D eigenvalue weighted by Crippen LogP contribution is -2.34. The molecule has 0 aliphatic carbocycles. The van der Waals surface area contributed by atoms with Gasteiger partial charge in [-0.3, -0.25) is 9.59 Å². The Morgan fingerprint density at radius 3 is 2.00 bits per heavy atom. The summed E-state index contributed by atoms with van der Waals surface area (Å²) in [5.74, 6) is -0.274. The number of carbonyl (C=O) groups is 2. The number of ketones is 1. The molecule has 0 aromatic heterocycles. The number of hydrogen-bond acceptors (Lipinski definition) is 5. The van der Waals surface area contributed by atoms with Gasteiger partial charge in [-0.25, -0.2) is 13.1 Å². The maximum absolute atomic E-state index is 12.4. The van der Waals surface area contributed by atoms with Crippen molar-refractivity contribution >= 4 is 21.7 Å². The SMILES string of the molecule is CCN(CC)CCNC(=O)c1ccc(CNS(=O)(=O)c2ccc(C(C)=O)cc2)cc1. The molecule has 0 heterocycles. The van der Waals surface area contributed by atoms with Gasteiger partial charge in [0.25, 0.3) is 5.91 Å². The molecule has 0 bridgehead atoms. The lowest BCUT2D eigenvalue weighted by Gasteiger charge is -2.18. The molecule has 0 aliphatic heterocycles. The van der Waals surface area contributed by atoms with E-state index >= 15 is 0 Å². The quantitative estimate of drug-likeness (QED) is 0.533. The maximum atomic E-state index is 12.4. The Hall–Kier alpha value is -2.55. The van der Waals surface area contributed by atoms with Crippen molar-refractivity contribution in [1.82, 2.24) is 14.9 Å². The fourth-order valence-corrected chi connectivity index (χ4v) is 3.89. The number of rotatable bonds is 11. The first-order valence-electron chi connectivity index (χ1n) is 9.97. The molecule has 2 rings (SSSR count). The van der Waals surface area contributed by atoms with E-state index in [0.717, 1.165) is 25.2 Å².